The van der Waals surface area contributed by atoms with Crippen molar-refractivity contribution in [2.24, 2.45) is 0 Å². The summed E-state index contributed by atoms with van der Waals surface area (Å²) in [6, 6.07) is 7.65. The number of carbonyl (C=O) groups is 2. The summed E-state index contributed by atoms with van der Waals surface area (Å²) < 4.78 is 5.40. The molecular weight excluding hydrogens is 354 g/mol. The number of amides is 2. The predicted octanol–water partition coefficient (Wildman–Crippen LogP) is 3.38. The first-order valence-corrected chi connectivity index (χ1v) is 10.2. The van der Waals surface area contributed by atoms with E-state index in [0.29, 0.717) is 24.8 Å². The number of esters is 1. The maximum Gasteiger partial charge on any atom is 0.338 e. The van der Waals surface area contributed by atoms with Crippen molar-refractivity contribution >= 4 is 12.0 Å². The van der Waals surface area contributed by atoms with Crippen molar-refractivity contribution in [2.75, 3.05) is 26.7 Å². The minimum atomic E-state index is -0.502. The molecule has 0 aliphatic carbocycles. The molecule has 0 spiro atoms. The number of carbonyl (C=O) groups excluding carboxylic acids is 2. The number of hydrogen-bond donors (Lipinski definition) is 1. The van der Waals surface area contributed by atoms with Crippen LogP contribution in [0.5, 0.6) is 0 Å². The minimum absolute atomic E-state index is 0.195. The summed E-state index contributed by atoms with van der Waals surface area (Å²) in [4.78, 5) is 29.6. The molecule has 0 unspecified atom stereocenters. The van der Waals surface area contributed by atoms with Crippen molar-refractivity contribution in [3.63, 3.8) is 0 Å². The lowest BCUT2D eigenvalue weighted by Crippen LogP contribution is -2.50. The van der Waals surface area contributed by atoms with Gasteiger partial charge < -0.3 is 10.1 Å². The first kappa shape index (κ1) is 20.4. The van der Waals surface area contributed by atoms with Crippen LogP contribution in [0.1, 0.15) is 50.3 Å². The van der Waals surface area contributed by atoms with E-state index in [2.05, 4.69) is 17.1 Å². The summed E-state index contributed by atoms with van der Waals surface area (Å²) in [5.74, 6) is -0.361. The van der Waals surface area contributed by atoms with E-state index in [1.54, 1.807) is 18.9 Å². The average Bonchev–Trinajstić information content (AvgIpc) is 2.67. The molecule has 0 saturated carbocycles. The zero-order valence-corrected chi connectivity index (χ0v) is 17.3. The first-order valence-electron chi connectivity index (χ1n) is 10.2. The van der Waals surface area contributed by atoms with Crippen molar-refractivity contribution in [3.8, 4) is 0 Å². The van der Waals surface area contributed by atoms with Gasteiger partial charge in [-0.1, -0.05) is 36.2 Å². The molecule has 28 heavy (non-hydrogen) atoms. The Kier molecular flexibility index (Phi) is 6.39. The maximum atomic E-state index is 13.0. The molecule has 3 rings (SSSR count). The van der Waals surface area contributed by atoms with Gasteiger partial charge in [0.05, 0.1) is 18.2 Å². The van der Waals surface area contributed by atoms with Crippen LogP contribution in [0.3, 0.4) is 0 Å². The number of rotatable bonds is 5. The van der Waals surface area contributed by atoms with Gasteiger partial charge in [-0.15, -0.1) is 0 Å². The quantitative estimate of drug-likeness (QED) is 0.790. The fourth-order valence-corrected chi connectivity index (χ4v) is 4.08. The minimum Gasteiger partial charge on any atom is -0.463 e. The number of aryl methyl sites for hydroxylation is 1. The van der Waals surface area contributed by atoms with Crippen LogP contribution in [0.2, 0.25) is 0 Å². The molecule has 2 aliphatic rings. The fraction of sp³-hybridized carbons (Fsp3) is 0.545. The van der Waals surface area contributed by atoms with E-state index in [1.165, 1.54) is 6.42 Å². The van der Waals surface area contributed by atoms with Crippen molar-refractivity contribution in [2.45, 2.75) is 52.1 Å². The highest BCUT2D eigenvalue weighted by Crippen LogP contribution is 2.32. The number of nitrogens with zero attached hydrogens (tertiary/aromatic N) is 2. The number of piperidine rings is 1. The Morgan fingerprint density at radius 1 is 1.32 bits per heavy atom. The molecule has 0 radical (unpaired) electrons. The highest BCUT2D eigenvalue weighted by molar-refractivity contribution is 5.95. The number of nitrogens with one attached hydrogen (secondary N) is 1. The summed E-state index contributed by atoms with van der Waals surface area (Å²) >= 11 is 0. The molecule has 2 aliphatic heterocycles. The smallest absolute Gasteiger partial charge is 0.338 e. The van der Waals surface area contributed by atoms with Gasteiger partial charge in [-0.2, -0.15) is 0 Å². The number of likely N-dealkylation sites (tertiary alicyclic amines) is 1. The third kappa shape index (κ3) is 4.22. The van der Waals surface area contributed by atoms with Crippen LogP contribution in [-0.2, 0) is 9.53 Å². The molecule has 1 aromatic rings. The van der Waals surface area contributed by atoms with E-state index in [4.69, 9.17) is 4.74 Å². The first-order chi connectivity index (χ1) is 13.4. The summed E-state index contributed by atoms with van der Waals surface area (Å²) in [6.07, 6.45) is 3.51. The Bertz CT molecular complexity index is 774. The molecule has 2 atom stereocenters. The Morgan fingerprint density at radius 3 is 2.79 bits per heavy atom. The van der Waals surface area contributed by atoms with E-state index in [9.17, 15) is 9.59 Å². The number of ether oxygens (including phenoxy) is 1. The highest BCUT2D eigenvalue weighted by atomic mass is 16.5. The lowest BCUT2D eigenvalue weighted by atomic mass is 9.93. The lowest BCUT2D eigenvalue weighted by Gasteiger charge is -2.39. The van der Waals surface area contributed by atoms with Crippen LogP contribution in [0, 0.1) is 6.92 Å². The second-order valence-electron chi connectivity index (χ2n) is 7.75. The van der Waals surface area contributed by atoms with Crippen molar-refractivity contribution in [1.82, 2.24) is 15.1 Å². The number of benzene rings is 1. The summed E-state index contributed by atoms with van der Waals surface area (Å²) in [5.41, 5.74) is 3.25. The molecule has 1 fully saturated rings. The van der Waals surface area contributed by atoms with Gasteiger partial charge in [0.1, 0.15) is 0 Å². The number of urea groups is 1. The van der Waals surface area contributed by atoms with Crippen LogP contribution in [0.4, 0.5) is 4.79 Å². The molecule has 0 aromatic heterocycles. The average molecular weight is 386 g/mol. The number of likely N-dealkylation sites (N-methyl/N-ethyl adjacent to an activating group) is 1. The molecule has 1 aromatic carbocycles. The topological polar surface area (TPSA) is 61.9 Å². The van der Waals surface area contributed by atoms with Gasteiger partial charge in [0.25, 0.3) is 0 Å². The van der Waals surface area contributed by atoms with E-state index >= 15 is 0 Å². The molecule has 6 nitrogen and oxygen atoms in total. The zero-order chi connectivity index (χ0) is 20.3. The van der Waals surface area contributed by atoms with E-state index in [-0.39, 0.29) is 12.0 Å². The number of hydrogen-bond acceptors (Lipinski definition) is 4. The fourth-order valence-electron chi connectivity index (χ4n) is 4.08. The summed E-state index contributed by atoms with van der Waals surface area (Å²) in [7, 11) is 1.73. The molecule has 1 N–H and O–H groups in total. The highest BCUT2D eigenvalue weighted by Gasteiger charge is 2.37. The molecule has 6 heteroatoms. The second-order valence-corrected chi connectivity index (χ2v) is 7.75. The Morgan fingerprint density at radius 2 is 2.11 bits per heavy atom. The Balaban J connectivity index is 2.06. The molecular formula is C22H31N3O3. The van der Waals surface area contributed by atoms with Gasteiger partial charge in [-0.25, -0.2) is 9.59 Å². The molecule has 0 bridgehead atoms. The van der Waals surface area contributed by atoms with E-state index in [0.717, 1.165) is 36.2 Å². The van der Waals surface area contributed by atoms with Crippen LogP contribution < -0.4 is 5.32 Å². The predicted molar refractivity (Wildman–Crippen MR) is 109 cm³/mol. The van der Waals surface area contributed by atoms with Crippen LogP contribution >= 0.6 is 0 Å². The lowest BCUT2D eigenvalue weighted by molar-refractivity contribution is -0.139. The van der Waals surface area contributed by atoms with Crippen LogP contribution in [0.15, 0.2) is 35.5 Å². The van der Waals surface area contributed by atoms with Gasteiger partial charge in [0.15, 0.2) is 0 Å². The Labute approximate surface area is 167 Å². The maximum absolute atomic E-state index is 13.0. The molecule has 2 amide bonds. The normalized spacial score (nSPS) is 23.6. The van der Waals surface area contributed by atoms with Crippen LogP contribution in [0.25, 0.3) is 0 Å². The monoisotopic (exact) mass is 385 g/mol. The molecule has 152 valence electrons. The van der Waals surface area contributed by atoms with Crippen LogP contribution in [-0.4, -0.2) is 54.6 Å². The largest absolute Gasteiger partial charge is 0.463 e. The van der Waals surface area contributed by atoms with Crippen molar-refractivity contribution in [1.29, 1.82) is 0 Å². The van der Waals surface area contributed by atoms with Gasteiger partial charge >= 0.3 is 12.0 Å². The van der Waals surface area contributed by atoms with E-state index < -0.39 is 6.04 Å². The van der Waals surface area contributed by atoms with Crippen molar-refractivity contribution in [3.05, 3.63) is 46.7 Å². The molecule has 1 saturated heterocycles. The van der Waals surface area contributed by atoms with Gasteiger partial charge in [-0.05, 0) is 45.7 Å². The van der Waals surface area contributed by atoms with E-state index in [1.807, 2.05) is 31.2 Å². The summed E-state index contributed by atoms with van der Waals surface area (Å²) in [6.45, 7) is 7.87. The molecule has 2 heterocycles. The van der Waals surface area contributed by atoms with Gasteiger partial charge in [-0.3, -0.25) is 9.80 Å². The zero-order valence-electron chi connectivity index (χ0n) is 17.3. The second kappa shape index (κ2) is 8.78. The third-order valence-electron chi connectivity index (χ3n) is 5.74. The van der Waals surface area contributed by atoms with Gasteiger partial charge in [0, 0.05) is 25.3 Å². The SMILES string of the molecule is CCOC(=O)C1=C(CN2CCCC[C@H]2C)N(C)C(=O)N[C@H]1c1cccc(C)c1. The van der Waals surface area contributed by atoms with Gasteiger partial charge in [0.2, 0.25) is 0 Å². The standard InChI is InChI=1S/C22H31N3O3/c1-5-28-21(26)19-18(14-25-12-7-6-10-16(25)3)24(4)22(27)23-20(19)17-11-8-9-15(2)13-17/h8-9,11,13,16,20H,5-7,10,12,14H2,1-4H3,(H,23,27)/t16-,20+/m1/s1. The third-order valence-corrected chi connectivity index (χ3v) is 5.74. The Hall–Kier alpha value is -2.34. The van der Waals surface area contributed by atoms with Crippen molar-refractivity contribution < 1.29 is 14.3 Å². The summed E-state index contributed by atoms with van der Waals surface area (Å²) in [5, 5.41) is 2.99.